The summed E-state index contributed by atoms with van der Waals surface area (Å²) in [6.45, 7) is 5.21. The van der Waals surface area contributed by atoms with E-state index in [-0.39, 0.29) is 0 Å². The van der Waals surface area contributed by atoms with Crippen LogP contribution < -0.4 is 23.8 Å². The van der Waals surface area contributed by atoms with Crippen LogP contribution in [0.3, 0.4) is 0 Å². The fraction of sp³-hybridized carbons (Fsp3) is 0.265. The van der Waals surface area contributed by atoms with E-state index in [9.17, 15) is 0 Å². The van der Waals surface area contributed by atoms with Crippen molar-refractivity contribution in [3.05, 3.63) is 144 Å². The van der Waals surface area contributed by atoms with Crippen LogP contribution in [0.15, 0.2) is 127 Å². The number of ether oxygens (including phenoxy) is 4. The third-order valence-electron chi connectivity index (χ3n) is 11.0. The van der Waals surface area contributed by atoms with Crippen LogP contribution in [0.2, 0.25) is 0 Å². The normalized spacial score (nSPS) is 16.2. The molecule has 1 fully saturated rings. The number of unbranched alkanes of at least 4 members (excludes halogenated alkanes) is 3. The van der Waals surface area contributed by atoms with Gasteiger partial charge in [-0.15, -0.1) is 0 Å². The van der Waals surface area contributed by atoms with E-state index in [1.54, 1.807) is 14.2 Å². The molecule has 2 aliphatic rings. The van der Waals surface area contributed by atoms with Gasteiger partial charge in [-0.05, 0) is 107 Å². The highest BCUT2D eigenvalue weighted by Crippen LogP contribution is 2.49. The molecule has 5 nitrogen and oxygen atoms in total. The van der Waals surface area contributed by atoms with Crippen molar-refractivity contribution in [1.29, 1.82) is 0 Å². The molecule has 6 aromatic carbocycles. The van der Waals surface area contributed by atoms with Gasteiger partial charge in [-0.3, -0.25) is 0 Å². The van der Waals surface area contributed by atoms with E-state index in [1.807, 2.05) is 0 Å². The topological polar surface area (TPSA) is 40.2 Å². The van der Waals surface area contributed by atoms with Crippen LogP contribution in [-0.4, -0.2) is 33.9 Å². The maximum atomic E-state index is 7.32. The molecule has 274 valence electrons. The van der Waals surface area contributed by atoms with Gasteiger partial charge in [-0.25, -0.2) is 0 Å². The van der Waals surface area contributed by atoms with Crippen LogP contribution in [0, 0.1) is 0 Å². The molecular formula is C49H49NO4. The van der Waals surface area contributed by atoms with Crippen molar-refractivity contribution >= 4 is 22.5 Å². The zero-order valence-corrected chi connectivity index (χ0v) is 31.6. The Labute approximate surface area is 319 Å². The Morgan fingerprint density at radius 2 is 1.28 bits per heavy atom. The first-order valence-electron chi connectivity index (χ1n) is 19.5. The van der Waals surface area contributed by atoms with E-state index < -0.39 is 5.60 Å². The van der Waals surface area contributed by atoms with Gasteiger partial charge in [0, 0.05) is 35.5 Å². The van der Waals surface area contributed by atoms with Gasteiger partial charge in [-0.2, -0.15) is 0 Å². The number of rotatable bonds is 13. The third kappa shape index (κ3) is 6.91. The molecule has 0 spiro atoms. The molecule has 5 heteroatoms. The molecule has 54 heavy (non-hydrogen) atoms. The Bertz CT molecular complexity index is 2220. The monoisotopic (exact) mass is 715 g/mol. The lowest BCUT2D eigenvalue weighted by atomic mass is 9.82. The first-order valence-corrected chi connectivity index (χ1v) is 19.5. The van der Waals surface area contributed by atoms with Crippen LogP contribution in [0.25, 0.3) is 39.1 Å². The third-order valence-corrected chi connectivity index (χ3v) is 11.0. The first kappa shape index (κ1) is 35.4. The van der Waals surface area contributed by atoms with Crippen LogP contribution in [0.4, 0.5) is 5.69 Å². The van der Waals surface area contributed by atoms with Crippen molar-refractivity contribution in [2.24, 2.45) is 0 Å². The molecule has 2 heterocycles. The number of fused-ring (bicyclic) bond motifs is 3. The second-order valence-corrected chi connectivity index (χ2v) is 14.4. The molecule has 0 bridgehead atoms. The van der Waals surface area contributed by atoms with E-state index in [1.165, 1.54) is 37.8 Å². The maximum Gasteiger partial charge on any atom is 0.178 e. The number of anilines is 1. The predicted octanol–water partition coefficient (Wildman–Crippen LogP) is 12.1. The highest BCUT2D eigenvalue weighted by Gasteiger charge is 2.38. The molecular weight excluding hydrogens is 667 g/mol. The molecule has 8 rings (SSSR count). The molecule has 0 radical (unpaired) electrons. The van der Waals surface area contributed by atoms with Gasteiger partial charge in [0.25, 0.3) is 0 Å². The average Bonchev–Trinajstić information content (AvgIpc) is 3.79. The number of hydrogen-bond donors (Lipinski definition) is 0. The molecule has 0 aliphatic carbocycles. The lowest BCUT2D eigenvalue weighted by Crippen LogP contribution is -2.34. The summed E-state index contributed by atoms with van der Waals surface area (Å²) in [7, 11) is 3.37. The van der Waals surface area contributed by atoms with Crippen molar-refractivity contribution in [3.63, 3.8) is 0 Å². The lowest BCUT2D eigenvalue weighted by Gasteiger charge is -2.37. The zero-order chi connectivity index (χ0) is 36.9. The number of benzene rings is 6. The summed E-state index contributed by atoms with van der Waals surface area (Å²) in [4.78, 5) is 2.47. The minimum atomic E-state index is -0.811. The fourth-order valence-corrected chi connectivity index (χ4v) is 8.01. The Hall–Kier alpha value is -5.68. The van der Waals surface area contributed by atoms with Gasteiger partial charge in [0.15, 0.2) is 17.1 Å². The molecule has 1 atom stereocenters. The molecule has 0 N–H and O–H groups in total. The highest BCUT2D eigenvalue weighted by molar-refractivity contribution is 6.05. The van der Waals surface area contributed by atoms with Gasteiger partial charge < -0.3 is 23.8 Å². The zero-order valence-electron chi connectivity index (χ0n) is 31.6. The van der Waals surface area contributed by atoms with Gasteiger partial charge in [0.2, 0.25) is 0 Å². The molecule has 2 aliphatic heterocycles. The molecule has 1 unspecified atom stereocenters. The predicted molar refractivity (Wildman–Crippen MR) is 222 cm³/mol. The summed E-state index contributed by atoms with van der Waals surface area (Å²) in [5.74, 6) is 3.10. The minimum absolute atomic E-state index is 0.680. The van der Waals surface area contributed by atoms with Crippen molar-refractivity contribution in [2.75, 3.05) is 38.8 Å². The van der Waals surface area contributed by atoms with Gasteiger partial charge >= 0.3 is 0 Å². The highest BCUT2D eigenvalue weighted by atomic mass is 16.5. The molecule has 0 aromatic heterocycles. The van der Waals surface area contributed by atoms with Crippen molar-refractivity contribution in [2.45, 2.75) is 51.0 Å². The fourth-order valence-electron chi connectivity index (χ4n) is 8.01. The largest absolute Gasteiger partial charge is 0.494 e. The van der Waals surface area contributed by atoms with E-state index >= 15 is 0 Å². The second kappa shape index (κ2) is 15.7. The Morgan fingerprint density at radius 1 is 0.648 bits per heavy atom. The van der Waals surface area contributed by atoms with Crippen molar-refractivity contribution in [3.8, 4) is 45.3 Å². The van der Waals surface area contributed by atoms with E-state index in [4.69, 9.17) is 18.9 Å². The Morgan fingerprint density at radius 3 is 1.94 bits per heavy atom. The summed E-state index contributed by atoms with van der Waals surface area (Å²) < 4.78 is 25.0. The summed E-state index contributed by atoms with van der Waals surface area (Å²) in [5.41, 5.74) is 8.08. The van der Waals surface area contributed by atoms with Gasteiger partial charge in [0.05, 0.1) is 20.8 Å². The van der Waals surface area contributed by atoms with Crippen LogP contribution >= 0.6 is 0 Å². The van der Waals surface area contributed by atoms with E-state index in [0.717, 1.165) is 87.3 Å². The molecule has 0 amide bonds. The van der Waals surface area contributed by atoms with Gasteiger partial charge in [0.1, 0.15) is 11.5 Å². The average molecular weight is 716 g/mol. The van der Waals surface area contributed by atoms with Gasteiger partial charge in [-0.1, -0.05) is 105 Å². The maximum absolute atomic E-state index is 7.32. The second-order valence-electron chi connectivity index (χ2n) is 14.4. The van der Waals surface area contributed by atoms with Crippen molar-refractivity contribution in [1.82, 2.24) is 0 Å². The van der Waals surface area contributed by atoms with Crippen molar-refractivity contribution < 1.29 is 18.9 Å². The van der Waals surface area contributed by atoms with E-state index in [2.05, 4.69) is 145 Å². The molecule has 0 saturated carbocycles. The van der Waals surface area contributed by atoms with Crippen LogP contribution in [0.5, 0.6) is 23.0 Å². The molecule has 6 aromatic rings. The number of hydrogen-bond acceptors (Lipinski definition) is 5. The summed E-state index contributed by atoms with van der Waals surface area (Å²) in [6.07, 6.45) is 11.7. The Kier molecular flexibility index (Phi) is 10.3. The minimum Gasteiger partial charge on any atom is -0.494 e. The Balaban J connectivity index is 1.18. The lowest BCUT2D eigenvalue weighted by molar-refractivity contribution is 0.161. The summed E-state index contributed by atoms with van der Waals surface area (Å²) in [5, 5.41) is 2.10. The molecule has 1 saturated heterocycles. The van der Waals surface area contributed by atoms with Crippen LogP contribution in [0.1, 0.15) is 62.1 Å². The quantitative estimate of drug-likeness (QED) is 0.111. The van der Waals surface area contributed by atoms with E-state index in [0.29, 0.717) is 11.5 Å². The summed E-state index contributed by atoms with van der Waals surface area (Å²) in [6, 6.07) is 43.1. The summed E-state index contributed by atoms with van der Waals surface area (Å²) >= 11 is 0. The number of methoxy groups -OCH3 is 2. The smallest absolute Gasteiger partial charge is 0.178 e. The SMILES string of the molecule is CCCCCCOc1ccc(-c2ccc(-c3cc4c(c5cc(OC)c(OC)cc35)C=CC(c3ccccc3)(c3ccc(N5CCCC5)cc3)O4)cc2)cc1. The number of nitrogens with zero attached hydrogens (tertiary/aromatic N) is 1. The first-order chi connectivity index (χ1) is 26.6. The standard InChI is InChI=1S/C49H49NO4/c1-4-5-6-12-31-53-41-25-19-36(20-26-41)35-15-17-37(18-16-35)43-32-46-42(44-33-47(51-2)48(52-3)34-45(43)44)27-28-49(54-46,38-13-8-7-9-14-38)39-21-23-40(24-22-39)50-29-10-11-30-50/h7-9,13-28,32-34H,4-6,10-12,29-31H2,1-3H3. The van der Waals surface area contributed by atoms with Crippen LogP contribution in [-0.2, 0) is 5.60 Å².